The van der Waals surface area contributed by atoms with E-state index in [9.17, 15) is 0 Å². The first kappa shape index (κ1) is 30.1. The van der Waals surface area contributed by atoms with Gasteiger partial charge in [-0.2, -0.15) is 6.07 Å². The maximum absolute atomic E-state index is 6.53. The van der Waals surface area contributed by atoms with Gasteiger partial charge in [-0.05, 0) is 52.1 Å². The van der Waals surface area contributed by atoms with Crippen LogP contribution in [-0.4, -0.2) is 18.9 Å². The summed E-state index contributed by atoms with van der Waals surface area (Å²) >= 11 is 1.83. The molecule has 0 aliphatic rings. The molecular formula is C42H28N4OPtS. The number of fused-ring (bicyclic) bond motifs is 13. The van der Waals surface area contributed by atoms with Crippen LogP contribution in [0, 0.1) is 12.1 Å². The minimum atomic E-state index is -0.00452. The fourth-order valence-corrected chi connectivity index (χ4v) is 8.28. The summed E-state index contributed by atoms with van der Waals surface area (Å²) in [6.07, 6.45) is 5.81. The van der Waals surface area contributed by atoms with Crippen molar-refractivity contribution in [3.05, 3.63) is 133 Å². The van der Waals surface area contributed by atoms with E-state index < -0.39 is 0 Å². The zero-order chi connectivity index (χ0) is 32.1. The number of rotatable bonds is 3. The number of benzene rings is 5. The summed E-state index contributed by atoms with van der Waals surface area (Å²) in [7, 11) is 0. The molecule has 5 aromatic carbocycles. The smallest absolute Gasteiger partial charge is 0.503 e. The quantitative estimate of drug-likeness (QED) is 0.132. The van der Waals surface area contributed by atoms with Crippen LogP contribution < -0.4 is 4.74 Å². The molecule has 5 nitrogen and oxygen atoms in total. The monoisotopic (exact) mass is 831 g/mol. The van der Waals surface area contributed by atoms with Crippen LogP contribution in [0.3, 0.4) is 0 Å². The number of imidazole rings is 1. The van der Waals surface area contributed by atoms with Crippen molar-refractivity contribution < 1.29 is 25.8 Å². The molecule has 7 heteroatoms. The van der Waals surface area contributed by atoms with Crippen molar-refractivity contribution in [1.82, 2.24) is 18.9 Å². The molecular weight excluding hydrogens is 804 g/mol. The summed E-state index contributed by atoms with van der Waals surface area (Å²) in [5, 5.41) is 7.96. The molecule has 0 aliphatic heterocycles. The van der Waals surface area contributed by atoms with Crippen molar-refractivity contribution in [2.24, 2.45) is 0 Å². The van der Waals surface area contributed by atoms with Crippen LogP contribution in [0.2, 0.25) is 0 Å². The summed E-state index contributed by atoms with van der Waals surface area (Å²) in [6.45, 7) is 6.67. The molecule has 0 bridgehead atoms. The standard InChI is InChI=1S/C42H28N4OS.Pt/c1-42(2,3)25-18-19-43-38(22-25)46-34-10-6-4-8-29(34)30-15-13-27(24-35(30)46)47-26-12-14-28-31-16-17-37-39(32-9-5-7-11-36(32)48-37)40(31)45-21-20-44-41(45)33(28)23-26;/h4-22H,1-3H3;/q-2;+2. The van der Waals surface area contributed by atoms with Gasteiger partial charge < -0.3 is 13.7 Å². The first-order valence-electron chi connectivity index (χ1n) is 16.1. The van der Waals surface area contributed by atoms with Crippen molar-refractivity contribution in [2.75, 3.05) is 0 Å². The van der Waals surface area contributed by atoms with E-state index in [-0.39, 0.29) is 26.5 Å². The Morgan fingerprint density at radius 3 is 2.31 bits per heavy atom. The van der Waals surface area contributed by atoms with E-state index in [0.29, 0.717) is 11.5 Å². The zero-order valence-corrected chi connectivity index (χ0v) is 30.0. The first-order chi connectivity index (χ1) is 23.4. The molecule has 5 aromatic heterocycles. The number of nitrogens with zero attached hydrogens (tertiary/aromatic N) is 4. The van der Waals surface area contributed by atoms with Gasteiger partial charge >= 0.3 is 21.1 Å². The molecule has 0 aliphatic carbocycles. The second-order valence-corrected chi connectivity index (χ2v) is 14.4. The largest absolute Gasteiger partial charge is 2.00 e. The van der Waals surface area contributed by atoms with Crippen LogP contribution in [0.25, 0.3) is 75.1 Å². The van der Waals surface area contributed by atoms with Gasteiger partial charge in [-0.1, -0.05) is 85.6 Å². The third-order valence-corrected chi connectivity index (χ3v) is 10.6. The van der Waals surface area contributed by atoms with E-state index in [1.165, 1.54) is 31.3 Å². The molecule has 0 atom stereocenters. The second kappa shape index (κ2) is 11.0. The predicted octanol–water partition coefficient (Wildman–Crippen LogP) is 11.2. The normalized spacial score (nSPS) is 12.2. The van der Waals surface area contributed by atoms with Gasteiger partial charge in [0.1, 0.15) is 5.82 Å². The summed E-state index contributed by atoms with van der Waals surface area (Å²) in [4.78, 5) is 9.62. The maximum Gasteiger partial charge on any atom is 2.00 e. The molecule has 0 radical (unpaired) electrons. The SMILES string of the molecule is CC(C)(C)c1ccnc(-n2c3[c-]c(Oc4[c-]c5c(cc4)c4ccc6sc7ccccc7c6c4n4ccnc54)ccc3c3ccccc32)c1.[Pt+2]. The van der Waals surface area contributed by atoms with Gasteiger partial charge in [0.05, 0.1) is 5.65 Å². The Labute approximate surface area is 300 Å². The van der Waals surface area contributed by atoms with Gasteiger partial charge in [-0.15, -0.1) is 41.0 Å². The van der Waals surface area contributed by atoms with Crippen LogP contribution in [0.4, 0.5) is 0 Å². The van der Waals surface area contributed by atoms with Gasteiger partial charge in [-0.3, -0.25) is 4.98 Å². The van der Waals surface area contributed by atoms with Crippen molar-refractivity contribution >= 4 is 80.6 Å². The van der Waals surface area contributed by atoms with Crippen LogP contribution in [0.15, 0.2) is 116 Å². The molecule has 0 spiro atoms. The van der Waals surface area contributed by atoms with Gasteiger partial charge in [0.15, 0.2) is 0 Å². The summed E-state index contributed by atoms with van der Waals surface area (Å²) in [6, 6.07) is 41.2. The number of pyridine rings is 2. The first-order valence-corrected chi connectivity index (χ1v) is 16.9. The van der Waals surface area contributed by atoms with E-state index in [1.807, 2.05) is 42.1 Å². The number of hydrogen-bond acceptors (Lipinski definition) is 4. The van der Waals surface area contributed by atoms with Crippen molar-refractivity contribution in [3.63, 3.8) is 0 Å². The molecule has 0 N–H and O–H groups in total. The molecule has 0 saturated heterocycles. The van der Waals surface area contributed by atoms with Crippen molar-refractivity contribution in [2.45, 2.75) is 26.2 Å². The Bertz CT molecular complexity index is 2930. The van der Waals surface area contributed by atoms with Crippen LogP contribution in [0.1, 0.15) is 26.3 Å². The molecule has 10 aromatic rings. The number of para-hydroxylation sites is 1. The minimum absolute atomic E-state index is 0. The van der Waals surface area contributed by atoms with Gasteiger partial charge in [0.2, 0.25) is 0 Å². The molecule has 0 fully saturated rings. The van der Waals surface area contributed by atoms with Gasteiger partial charge in [0, 0.05) is 61.3 Å². The van der Waals surface area contributed by atoms with Crippen molar-refractivity contribution in [1.29, 1.82) is 0 Å². The predicted molar refractivity (Wildman–Crippen MR) is 198 cm³/mol. The Balaban J connectivity index is 0.00000325. The number of hydrogen-bond donors (Lipinski definition) is 0. The summed E-state index contributed by atoms with van der Waals surface area (Å²) in [5.74, 6) is 2.08. The van der Waals surface area contributed by atoms with E-state index in [4.69, 9.17) is 14.7 Å². The van der Waals surface area contributed by atoms with E-state index in [0.717, 1.165) is 49.4 Å². The number of ether oxygens (including phenoxy) is 1. The Kier molecular flexibility index (Phi) is 6.74. The topological polar surface area (TPSA) is 44.4 Å². The van der Waals surface area contributed by atoms with E-state index in [1.54, 1.807) is 0 Å². The van der Waals surface area contributed by atoms with Gasteiger partial charge in [0.25, 0.3) is 0 Å². The van der Waals surface area contributed by atoms with Crippen molar-refractivity contribution in [3.8, 4) is 17.3 Å². The minimum Gasteiger partial charge on any atom is -0.503 e. The summed E-state index contributed by atoms with van der Waals surface area (Å²) < 4.78 is 13.5. The Hall–Kier alpha value is -5.03. The Morgan fingerprint density at radius 1 is 0.694 bits per heavy atom. The molecule has 10 rings (SSSR count). The maximum atomic E-state index is 6.53. The fourth-order valence-electron chi connectivity index (χ4n) is 7.17. The van der Waals surface area contributed by atoms with E-state index >= 15 is 0 Å². The number of aromatic nitrogens is 4. The van der Waals surface area contributed by atoms with Crippen LogP contribution in [0.5, 0.6) is 11.5 Å². The average molecular weight is 832 g/mol. The molecule has 49 heavy (non-hydrogen) atoms. The zero-order valence-electron chi connectivity index (χ0n) is 26.9. The number of thiophene rings is 1. The molecule has 0 unspecified atom stereocenters. The van der Waals surface area contributed by atoms with Crippen LogP contribution >= 0.6 is 11.3 Å². The Morgan fingerprint density at radius 2 is 1.45 bits per heavy atom. The fraction of sp³-hybridized carbons (Fsp3) is 0.0952. The summed E-state index contributed by atoms with van der Waals surface area (Å²) in [5.41, 5.74) is 5.25. The molecule has 238 valence electrons. The average Bonchev–Trinajstić information content (AvgIpc) is 3.82. The van der Waals surface area contributed by atoms with E-state index in [2.05, 4.69) is 127 Å². The molecule has 5 heterocycles. The second-order valence-electron chi connectivity index (χ2n) is 13.4. The third-order valence-electron chi connectivity index (χ3n) is 9.45. The molecule has 0 amide bonds. The van der Waals surface area contributed by atoms with Gasteiger partial charge in [-0.25, -0.2) is 4.98 Å². The third kappa shape index (κ3) is 4.54. The molecule has 0 saturated carbocycles. The van der Waals surface area contributed by atoms with Crippen LogP contribution in [-0.2, 0) is 26.5 Å².